The highest BCUT2D eigenvalue weighted by atomic mass is 35.5. The lowest BCUT2D eigenvalue weighted by molar-refractivity contribution is -0.137. The predicted molar refractivity (Wildman–Crippen MR) is 72.3 cm³/mol. The van der Waals surface area contributed by atoms with Crippen molar-refractivity contribution >= 4 is 23.3 Å². The molecule has 1 aliphatic rings. The summed E-state index contributed by atoms with van der Waals surface area (Å²) in [5.74, 6) is -0.755. The highest BCUT2D eigenvalue weighted by molar-refractivity contribution is 6.30. The average molecular weight is 269 g/mol. The van der Waals surface area contributed by atoms with E-state index in [4.69, 9.17) is 16.7 Å². The Kier molecular flexibility index (Phi) is 4.09. The summed E-state index contributed by atoms with van der Waals surface area (Å²) >= 11 is 5.87. The maximum atomic E-state index is 10.9. The summed E-state index contributed by atoms with van der Waals surface area (Å²) < 4.78 is 0. The summed E-state index contributed by atoms with van der Waals surface area (Å²) in [7, 11) is 2.02. The molecule has 0 saturated carbocycles. The molecule has 1 atom stereocenters. The second-order valence-corrected chi connectivity index (χ2v) is 5.12. The van der Waals surface area contributed by atoms with E-state index in [1.807, 2.05) is 31.3 Å². The fourth-order valence-corrected chi connectivity index (χ4v) is 2.49. The number of anilines is 1. The predicted octanol–water partition coefficient (Wildman–Crippen LogP) is 1.94. The van der Waals surface area contributed by atoms with E-state index in [9.17, 15) is 4.79 Å². The van der Waals surface area contributed by atoms with Gasteiger partial charge in [-0.3, -0.25) is 4.79 Å². The first-order valence-corrected chi connectivity index (χ1v) is 6.36. The minimum absolute atomic E-state index is 0.0161. The zero-order chi connectivity index (χ0) is 13.1. The molecule has 1 saturated heterocycles. The van der Waals surface area contributed by atoms with Crippen molar-refractivity contribution in [1.82, 2.24) is 4.90 Å². The van der Waals surface area contributed by atoms with Crippen molar-refractivity contribution in [2.24, 2.45) is 0 Å². The van der Waals surface area contributed by atoms with Crippen LogP contribution in [0.5, 0.6) is 0 Å². The minimum atomic E-state index is -0.755. The minimum Gasteiger partial charge on any atom is -0.481 e. The molecular weight excluding hydrogens is 252 g/mol. The molecule has 18 heavy (non-hydrogen) atoms. The summed E-state index contributed by atoms with van der Waals surface area (Å²) in [5, 5.41) is 9.69. The van der Waals surface area contributed by atoms with E-state index in [0.717, 1.165) is 25.3 Å². The van der Waals surface area contributed by atoms with Gasteiger partial charge in [0.15, 0.2) is 0 Å². The van der Waals surface area contributed by atoms with Crippen LogP contribution in [0, 0.1) is 0 Å². The van der Waals surface area contributed by atoms with E-state index < -0.39 is 5.97 Å². The normalized spacial score (nSPS) is 21.0. The van der Waals surface area contributed by atoms with E-state index in [-0.39, 0.29) is 12.5 Å². The topological polar surface area (TPSA) is 43.8 Å². The van der Waals surface area contributed by atoms with Crippen LogP contribution < -0.4 is 4.90 Å². The van der Waals surface area contributed by atoms with Gasteiger partial charge in [0.05, 0.1) is 12.5 Å². The number of hydrogen-bond acceptors (Lipinski definition) is 3. The van der Waals surface area contributed by atoms with Gasteiger partial charge in [0.25, 0.3) is 0 Å². The van der Waals surface area contributed by atoms with Crippen molar-refractivity contribution in [2.45, 2.75) is 12.5 Å². The van der Waals surface area contributed by atoms with Crippen LogP contribution in [0.15, 0.2) is 24.3 Å². The third-order valence-corrected chi connectivity index (χ3v) is 3.51. The molecule has 4 nitrogen and oxygen atoms in total. The van der Waals surface area contributed by atoms with E-state index in [2.05, 4.69) is 9.80 Å². The number of hydrogen-bond donors (Lipinski definition) is 1. The number of rotatable bonds is 3. The molecule has 0 aliphatic carbocycles. The quantitative estimate of drug-likeness (QED) is 0.910. The Bertz CT molecular complexity index is 422. The van der Waals surface area contributed by atoms with Gasteiger partial charge in [-0.2, -0.15) is 0 Å². The lowest BCUT2D eigenvalue weighted by atomic mass is 10.1. The largest absolute Gasteiger partial charge is 0.481 e. The molecular formula is C13H17ClN2O2. The summed E-state index contributed by atoms with van der Waals surface area (Å²) in [6, 6.07) is 7.59. The molecule has 5 heteroatoms. The number of carboxylic acid groups (broad SMARTS) is 1. The zero-order valence-electron chi connectivity index (χ0n) is 10.3. The Hall–Kier alpha value is -1.26. The Morgan fingerprint density at radius 2 is 2.06 bits per heavy atom. The van der Waals surface area contributed by atoms with Crippen LogP contribution in [0.4, 0.5) is 5.69 Å². The molecule has 0 radical (unpaired) electrons. The number of carboxylic acids is 1. The summed E-state index contributed by atoms with van der Waals surface area (Å²) in [5.41, 5.74) is 1.04. The Morgan fingerprint density at radius 3 is 2.67 bits per heavy atom. The van der Waals surface area contributed by atoms with Gasteiger partial charge in [-0.1, -0.05) is 11.6 Å². The van der Waals surface area contributed by atoms with E-state index in [0.29, 0.717) is 5.02 Å². The summed E-state index contributed by atoms with van der Waals surface area (Å²) in [6.07, 6.45) is 0.160. The van der Waals surface area contributed by atoms with Crippen molar-refractivity contribution in [3.05, 3.63) is 29.3 Å². The standard InChI is InChI=1S/C13H17ClN2O2/c1-15-6-7-16(12(9-15)8-13(17)18)11-4-2-10(14)3-5-11/h2-5,12H,6-9H2,1H3,(H,17,18). The molecule has 0 amide bonds. The first kappa shape index (κ1) is 13.2. The van der Waals surface area contributed by atoms with Crippen LogP contribution in [0.1, 0.15) is 6.42 Å². The molecule has 1 aliphatic heterocycles. The van der Waals surface area contributed by atoms with Crippen molar-refractivity contribution in [2.75, 3.05) is 31.6 Å². The molecule has 98 valence electrons. The van der Waals surface area contributed by atoms with E-state index in [1.165, 1.54) is 0 Å². The Labute approximate surface area is 112 Å². The molecule has 1 heterocycles. The van der Waals surface area contributed by atoms with Crippen LogP contribution in [-0.4, -0.2) is 48.7 Å². The van der Waals surface area contributed by atoms with Crippen molar-refractivity contribution in [1.29, 1.82) is 0 Å². The molecule has 1 fully saturated rings. The van der Waals surface area contributed by atoms with Gasteiger partial charge in [-0.05, 0) is 31.3 Å². The Balaban J connectivity index is 2.17. The van der Waals surface area contributed by atoms with Gasteiger partial charge >= 0.3 is 5.97 Å². The first-order valence-electron chi connectivity index (χ1n) is 5.99. The number of likely N-dealkylation sites (N-methyl/N-ethyl adjacent to an activating group) is 1. The van der Waals surface area contributed by atoms with Gasteiger partial charge in [0.2, 0.25) is 0 Å². The number of benzene rings is 1. The van der Waals surface area contributed by atoms with Crippen molar-refractivity contribution in [3.8, 4) is 0 Å². The molecule has 1 unspecified atom stereocenters. The average Bonchev–Trinajstić information content (AvgIpc) is 2.30. The van der Waals surface area contributed by atoms with Crippen LogP contribution in [0.25, 0.3) is 0 Å². The molecule has 0 aromatic heterocycles. The lowest BCUT2D eigenvalue weighted by Gasteiger charge is -2.41. The summed E-state index contributed by atoms with van der Waals surface area (Å²) in [6.45, 7) is 2.56. The third-order valence-electron chi connectivity index (χ3n) is 3.25. The molecule has 1 aromatic rings. The molecule has 0 spiro atoms. The van der Waals surface area contributed by atoms with Crippen LogP contribution in [0.2, 0.25) is 5.02 Å². The number of halogens is 1. The van der Waals surface area contributed by atoms with Gasteiger partial charge in [0, 0.05) is 30.3 Å². The molecule has 1 aromatic carbocycles. The maximum absolute atomic E-state index is 10.9. The fraction of sp³-hybridized carbons (Fsp3) is 0.462. The number of nitrogens with zero attached hydrogens (tertiary/aromatic N) is 2. The van der Waals surface area contributed by atoms with Gasteiger partial charge in [0.1, 0.15) is 0 Å². The summed E-state index contributed by atoms with van der Waals surface area (Å²) in [4.78, 5) is 15.3. The van der Waals surface area contributed by atoms with Gasteiger partial charge in [-0.25, -0.2) is 0 Å². The van der Waals surface area contributed by atoms with Gasteiger partial charge < -0.3 is 14.9 Å². The third kappa shape index (κ3) is 3.15. The van der Waals surface area contributed by atoms with Crippen LogP contribution in [-0.2, 0) is 4.79 Å². The highest BCUT2D eigenvalue weighted by Gasteiger charge is 2.27. The number of carbonyl (C=O) groups is 1. The molecule has 0 bridgehead atoms. The Morgan fingerprint density at radius 1 is 1.39 bits per heavy atom. The van der Waals surface area contributed by atoms with Crippen molar-refractivity contribution in [3.63, 3.8) is 0 Å². The first-order chi connectivity index (χ1) is 8.56. The van der Waals surface area contributed by atoms with E-state index >= 15 is 0 Å². The second kappa shape index (κ2) is 5.59. The number of aliphatic carboxylic acids is 1. The SMILES string of the molecule is CN1CCN(c2ccc(Cl)cc2)C(CC(=O)O)C1. The lowest BCUT2D eigenvalue weighted by Crippen LogP contribution is -2.52. The smallest absolute Gasteiger partial charge is 0.305 e. The monoisotopic (exact) mass is 268 g/mol. The fourth-order valence-electron chi connectivity index (χ4n) is 2.36. The van der Waals surface area contributed by atoms with Gasteiger partial charge in [-0.15, -0.1) is 0 Å². The second-order valence-electron chi connectivity index (χ2n) is 4.68. The van der Waals surface area contributed by atoms with Crippen LogP contribution in [0.3, 0.4) is 0 Å². The van der Waals surface area contributed by atoms with Crippen molar-refractivity contribution < 1.29 is 9.90 Å². The number of piperazine rings is 1. The maximum Gasteiger partial charge on any atom is 0.305 e. The van der Waals surface area contributed by atoms with E-state index in [1.54, 1.807) is 0 Å². The highest BCUT2D eigenvalue weighted by Crippen LogP contribution is 2.23. The zero-order valence-corrected chi connectivity index (χ0v) is 11.1. The molecule has 2 rings (SSSR count). The molecule has 1 N–H and O–H groups in total. The van der Waals surface area contributed by atoms with Crippen LogP contribution >= 0.6 is 11.6 Å².